The number of ether oxygens (including phenoxy) is 1. The van der Waals surface area contributed by atoms with Crippen molar-refractivity contribution >= 4 is 33.0 Å². The molecule has 2 aromatic rings. The lowest BCUT2D eigenvalue weighted by Gasteiger charge is -2.29. The van der Waals surface area contributed by atoms with Crippen LogP contribution in [0.1, 0.15) is 5.56 Å². The highest BCUT2D eigenvalue weighted by molar-refractivity contribution is 7.92. The average molecular weight is 367 g/mol. The number of rotatable bonds is 4. The van der Waals surface area contributed by atoms with E-state index in [1.807, 2.05) is 25.1 Å². The molecule has 0 atom stereocenters. The average Bonchev–Trinajstić information content (AvgIpc) is 2.58. The Kier molecular flexibility index (Phi) is 4.99. The van der Waals surface area contributed by atoms with E-state index in [4.69, 9.17) is 16.3 Å². The van der Waals surface area contributed by atoms with Crippen LogP contribution in [0, 0.1) is 6.92 Å². The maximum absolute atomic E-state index is 12.6. The van der Waals surface area contributed by atoms with Gasteiger partial charge in [0.25, 0.3) is 10.0 Å². The van der Waals surface area contributed by atoms with Crippen LogP contribution < -0.4 is 9.62 Å². The zero-order chi connectivity index (χ0) is 17.2. The number of anilines is 2. The van der Waals surface area contributed by atoms with Gasteiger partial charge in [-0.05, 0) is 48.9 Å². The van der Waals surface area contributed by atoms with Gasteiger partial charge in [0.2, 0.25) is 0 Å². The Morgan fingerprint density at radius 3 is 2.42 bits per heavy atom. The minimum atomic E-state index is -3.65. The number of morpholine rings is 1. The Labute approximate surface area is 147 Å². The molecule has 7 heteroatoms. The number of halogens is 1. The molecular weight excluding hydrogens is 348 g/mol. The Hall–Kier alpha value is -1.76. The van der Waals surface area contributed by atoms with E-state index in [1.165, 1.54) is 12.1 Å². The van der Waals surface area contributed by atoms with Crippen molar-refractivity contribution in [1.82, 2.24) is 0 Å². The summed E-state index contributed by atoms with van der Waals surface area (Å²) in [4.78, 5) is 2.37. The molecule has 0 spiro atoms. The van der Waals surface area contributed by atoms with Crippen LogP contribution in [-0.4, -0.2) is 34.7 Å². The van der Waals surface area contributed by atoms with Gasteiger partial charge in [0.05, 0.1) is 23.8 Å². The highest BCUT2D eigenvalue weighted by Crippen LogP contribution is 2.26. The number of benzene rings is 2. The van der Waals surface area contributed by atoms with Gasteiger partial charge in [0.1, 0.15) is 0 Å². The van der Waals surface area contributed by atoms with Gasteiger partial charge < -0.3 is 9.64 Å². The van der Waals surface area contributed by atoms with Crippen molar-refractivity contribution in [2.24, 2.45) is 0 Å². The first kappa shape index (κ1) is 17.1. The molecule has 0 aliphatic carbocycles. The highest BCUT2D eigenvalue weighted by atomic mass is 35.5. The van der Waals surface area contributed by atoms with Crippen LogP contribution in [0.25, 0.3) is 0 Å². The smallest absolute Gasteiger partial charge is 0.261 e. The normalized spacial score (nSPS) is 15.3. The Balaban J connectivity index is 1.87. The third kappa shape index (κ3) is 3.83. The standard InChI is InChI=1S/C17H19ClN2O3S/c1-13-2-5-15(20-8-10-23-11-9-20)12-17(13)19-24(21,22)16-6-3-14(18)4-7-16/h2-7,12,19H,8-11H2,1H3. The van der Waals surface area contributed by atoms with Crippen molar-refractivity contribution in [3.05, 3.63) is 53.1 Å². The van der Waals surface area contributed by atoms with Gasteiger partial charge in [0.15, 0.2) is 0 Å². The fourth-order valence-electron chi connectivity index (χ4n) is 2.56. The fraction of sp³-hybridized carbons (Fsp3) is 0.294. The van der Waals surface area contributed by atoms with E-state index in [0.29, 0.717) is 23.9 Å². The largest absolute Gasteiger partial charge is 0.378 e. The molecule has 1 N–H and O–H groups in total. The molecule has 0 aromatic heterocycles. The van der Waals surface area contributed by atoms with Crippen LogP contribution in [-0.2, 0) is 14.8 Å². The predicted octanol–water partition coefficient (Wildman–Crippen LogP) is 3.29. The Morgan fingerprint density at radius 2 is 1.75 bits per heavy atom. The molecule has 0 amide bonds. The number of hydrogen-bond donors (Lipinski definition) is 1. The number of nitrogens with zero attached hydrogens (tertiary/aromatic N) is 1. The van der Waals surface area contributed by atoms with Gasteiger partial charge >= 0.3 is 0 Å². The first-order chi connectivity index (χ1) is 11.5. The summed E-state index contributed by atoms with van der Waals surface area (Å²) in [5, 5.41) is 0.499. The topological polar surface area (TPSA) is 58.6 Å². The molecular formula is C17H19ClN2O3S. The van der Waals surface area contributed by atoms with Crippen LogP contribution in [0.2, 0.25) is 5.02 Å². The summed E-state index contributed by atoms with van der Waals surface area (Å²) in [6.07, 6.45) is 0. The van der Waals surface area contributed by atoms with Crippen molar-refractivity contribution in [3.8, 4) is 0 Å². The number of sulfonamides is 1. The van der Waals surface area contributed by atoms with Crippen LogP contribution in [0.3, 0.4) is 0 Å². The molecule has 1 fully saturated rings. The number of aryl methyl sites for hydroxylation is 1. The van der Waals surface area contributed by atoms with E-state index in [2.05, 4.69) is 9.62 Å². The molecule has 0 saturated carbocycles. The van der Waals surface area contributed by atoms with Gasteiger partial charge in [-0.25, -0.2) is 8.42 Å². The lowest BCUT2D eigenvalue weighted by atomic mass is 10.1. The minimum Gasteiger partial charge on any atom is -0.378 e. The molecule has 1 aliphatic rings. The summed E-state index contributed by atoms with van der Waals surface area (Å²) >= 11 is 5.82. The maximum atomic E-state index is 12.6. The summed E-state index contributed by atoms with van der Waals surface area (Å²) < 4.78 is 33.2. The Morgan fingerprint density at radius 1 is 1.08 bits per heavy atom. The monoisotopic (exact) mass is 366 g/mol. The van der Waals surface area contributed by atoms with Crippen LogP contribution in [0.15, 0.2) is 47.4 Å². The van der Waals surface area contributed by atoms with Gasteiger partial charge in [-0.1, -0.05) is 17.7 Å². The van der Waals surface area contributed by atoms with Crippen molar-refractivity contribution in [3.63, 3.8) is 0 Å². The van der Waals surface area contributed by atoms with Crippen LogP contribution >= 0.6 is 11.6 Å². The molecule has 0 radical (unpaired) electrons. The molecule has 3 rings (SSSR count). The summed E-state index contributed by atoms with van der Waals surface area (Å²) in [5.41, 5.74) is 2.43. The second kappa shape index (κ2) is 7.01. The predicted molar refractivity (Wildman–Crippen MR) is 96.5 cm³/mol. The zero-order valence-corrected chi connectivity index (χ0v) is 14.9. The molecule has 1 saturated heterocycles. The first-order valence-corrected chi connectivity index (χ1v) is 9.53. The van der Waals surface area contributed by atoms with Gasteiger partial charge in [-0.2, -0.15) is 0 Å². The molecule has 128 valence electrons. The Bertz CT molecular complexity index is 816. The summed E-state index contributed by atoms with van der Waals surface area (Å²) in [6, 6.07) is 11.9. The summed E-state index contributed by atoms with van der Waals surface area (Å²) in [7, 11) is -3.65. The zero-order valence-electron chi connectivity index (χ0n) is 13.3. The maximum Gasteiger partial charge on any atom is 0.261 e. The third-order valence-corrected chi connectivity index (χ3v) is 5.60. The van der Waals surface area contributed by atoms with Crippen molar-refractivity contribution in [2.45, 2.75) is 11.8 Å². The van der Waals surface area contributed by atoms with Gasteiger partial charge in [0, 0.05) is 23.8 Å². The summed E-state index contributed by atoms with van der Waals surface area (Å²) in [6.45, 7) is 4.83. The first-order valence-electron chi connectivity index (χ1n) is 7.67. The lowest BCUT2D eigenvalue weighted by Crippen LogP contribution is -2.36. The second-order valence-corrected chi connectivity index (χ2v) is 7.78. The fourth-order valence-corrected chi connectivity index (χ4v) is 3.80. The van der Waals surface area contributed by atoms with Gasteiger partial charge in [-0.15, -0.1) is 0 Å². The molecule has 1 aliphatic heterocycles. The molecule has 0 bridgehead atoms. The molecule has 1 heterocycles. The molecule has 2 aromatic carbocycles. The van der Waals surface area contributed by atoms with Crippen LogP contribution in [0.5, 0.6) is 0 Å². The second-order valence-electron chi connectivity index (χ2n) is 5.66. The number of hydrogen-bond acceptors (Lipinski definition) is 4. The van der Waals surface area contributed by atoms with Crippen molar-refractivity contribution < 1.29 is 13.2 Å². The van der Waals surface area contributed by atoms with E-state index < -0.39 is 10.0 Å². The molecule has 24 heavy (non-hydrogen) atoms. The van der Waals surface area contributed by atoms with Crippen LogP contribution in [0.4, 0.5) is 11.4 Å². The van der Waals surface area contributed by atoms with Crippen molar-refractivity contribution in [1.29, 1.82) is 0 Å². The van der Waals surface area contributed by atoms with E-state index >= 15 is 0 Å². The highest BCUT2D eigenvalue weighted by Gasteiger charge is 2.17. The number of nitrogens with one attached hydrogen (secondary N) is 1. The van der Waals surface area contributed by atoms with Gasteiger partial charge in [-0.3, -0.25) is 4.72 Å². The lowest BCUT2D eigenvalue weighted by molar-refractivity contribution is 0.122. The summed E-state index contributed by atoms with van der Waals surface area (Å²) in [5.74, 6) is 0. The van der Waals surface area contributed by atoms with E-state index in [1.54, 1.807) is 12.1 Å². The molecule has 0 unspecified atom stereocenters. The van der Waals surface area contributed by atoms with E-state index in [-0.39, 0.29) is 4.90 Å². The third-order valence-electron chi connectivity index (χ3n) is 3.97. The van der Waals surface area contributed by atoms with E-state index in [0.717, 1.165) is 24.3 Å². The quantitative estimate of drug-likeness (QED) is 0.902. The van der Waals surface area contributed by atoms with Crippen molar-refractivity contribution in [2.75, 3.05) is 35.9 Å². The minimum absolute atomic E-state index is 0.183. The molecule has 5 nitrogen and oxygen atoms in total. The van der Waals surface area contributed by atoms with E-state index in [9.17, 15) is 8.42 Å². The SMILES string of the molecule is Cc1ccc(N2CCOCC2)cc1NS(=O)(=O)c1ccc(Cl)cc1.